The first-order chi connectivity index (χ1) is 11.7. The van der Waals surface area contributed by atoms with Crippen molar-refractivity contribution in [3.05, 3.63) is 29.8 Å². The Kier molecular flexibility index (Phi) is 4.21. The first-order valence-corrected chi connectivity index (χ1v) is 8.90. The Bertz CT molecular complexity index is 740. The van der Waals surface area contributed by atoms with Gasteiger partial charge in [0.1, 0.15) is 0 Å². The number of aryl methyl sites for hydroxylation is 1. The Labute approximate surface area is 148 Å². The summed E-state index contributed by atoms with van der Waals surface area (Å²) in [6, 6.07) is 7.54. The van der Waals surface area contributed by atoms with Crippen LogP contribution in [0.2, 0.25) is 0 Å². The number of nitrogens with zero attached hydrogens (tertiary/aromatic N) is 1. The van der Waals surface area contributed by atoms with Gasteiger partial charge in [0.25, 0.3) is 0 Å². The third-order valence-electron chi connectivity index (χ3n) is 6.49. The van der Waals surface area contributed by atoms with Crippen molar-refractivity contribution in [2.24, 2.45) is 16.7 Å². The molecule has 3 rings (SSSR count). The van der Waals surface area contributed by atoms with E-state index in [4.69, 9.17) is 0 Å². The van der Waals surface area contributed by atoms with Crippen LogP contribution < -0.4 is 5.32 Å². The maximum absolute atomic E-state index is 12.9. The maximum atomic E-state index is 12.9. The van der Waals surface area contributed by atoms with Gasteiger partial charge in [0, 0.05) is 24.6 Å². The maximum Gasteiger partial charge on any atom is 0.235 e. The average Bonchev–Trinajstić information content (AvgIpc) is 2.74. The molecule has 1 aromatic rings. The van der Waals surface area contributed by atoms with Crippen LogP contribution in [0.25, 0.3) is 0 Å². The molecule has 2 bridgehead atoms. The molecule has 0 radical (unpaired) electrons. The number of nitrogens with one attached hydrogen (secondary N) is 1. The van der Waals surface area contributed by atoms with Crippen molar-refractivity contribution in [3.63, 3.8) is 0 Å². The van der Waals surface area contributed by atoms with Gasteiger partial charge in [0.05, 0.1) is 5.41 Å². The van der Waals surface area contributed by atoms with Crippen molar-refractivity contribution in [2.45, 2.75) is 47.0 Å². The number of likely N-dealkylation sites (tertiary alicyclic amines) is 1. The lowest BCUT2D eigenvalue weighted by molar-refractivity contribution is -0.167. The average molecular weight is 342 g/mol. The Morgan fingerprint density at radius 1 is 1.24 bits per heavy atom. The first-order valence-electron chi connectivity index (χ1n) is 8.90. The van der Waals surface area contributed by atoms with E-state index >= 15 is 0 Å². The second kappa shape index (κ2) is 5.97. The van der Waals surface area contributed by atoms with Crippen LogP contribution in [-0.2, 0) is 14.4 Å². The van der Waals surface area contributed by atoms with Crippen molar-refractivity contribution >= 4 is 23.4 Å². The standard InChI is InChI=1S/C20H26N2O3/c1-13-7-5-6-8-15(13)21-16(23)10-12-22-17(24)14-9-11-20(4,18(22)25)19(14,2)3/h5-8,14H,9-12H2,1-4H3,(H,21,23). The summed E-state index contributed by atoms with van der Waals surface area (Å²) in [6.07, 6.45) is 1.61. The molecule has 1 aliphatic heterocycles. The van der Waals surface area contributed by atoms with E-state index in [2.05, 4.69) is 5.32 Å². The van der Waals surface area contributed by atoms with Crippen LogP contribution in [0.5, 0.6) is 0 Å². The number of carbonyl (C=O) groups is 3. The minimum Gasteiger partial charge on any atom is -0.326 e. The summed E-state index contributed by atoms with van der Waals surface area (Å²) in [4.78, 5) is 39.2. The van der Waals surface area contributed by atoms with E-state index in [0.29, 0.717) is 0 Å². The van der Waals surface area contributed by atoms with Gasteiger partial charge in [0.2, 0.25) is 17.7 Å². The zero-order valence-electron chi connectivity index (χ0n) is 15.4. The smallest absolute Gasteiger partial charge is 0.235 e. The molecule has 2 unspecified atom stereocenters. The van der Waals surface area contributed by atoms with E-state index in [9.17, 15) is 14.4 Å². The van der Waals surface area contributed by atoms with Crippen molar-refractivity contribution in [3.8, 4) is 0 Å². The van der Waals surface area contributed by atoms with Crippen molar-refractivity contribution in [2.75, 3.05) is 11.9 Å². The zero-order chi connectivity index (χ0) is 18.4. The molecule has 0 spiro atoms. The normalized spacial score (nSPS) is 27.5. The first kappa shape index (κ1) is 17.6. The lowest BCUT2D eigenvalue weighted by Crippen LogP contribution is -2.59. The molecule has 1 saturated heterocycles. The van der Waals surface area contributed by atoms with Crippen molar-refractivity contribution in [1.29, 1.82) is 0 Å². The Morgan fingerprint density at radius 3 is 2.60 bits per heavy atom. The van der Waals surface area contributed by atoms with E-state index in [1.807, 2.05) is 52.0 Å². The lowest BCUT2D eigenvalue weighted by atomic mass is 9.62. The predicted octanol–water partition coefficient (Wildman–Crippen LogP) is 3.13. The Morgan fingerprint density at radius 2 is 1.92 bits per heavy atom. The van der Waals surface area contributed by atoms with E-state index in [1.54, 1.807) is 0 Å². The van der Waals surface area contributed by atoms with Crippen LogP contribution in [0.1, 0.15) is 45.6 Å². The van der Waals surface area contributed by atoms with Gasteiger partial charge in [-0.2, -0.15) is 0 Å². The van der Waals surface area contributed by atoms with Crippen molar-refractivity contribution in [1.82, 2.24) is 4.90 Å². The van der Waals surface area contributed by atoms with Crippen LogP contribution in [0.4, 0.5) is 5.69 Å². The predicted molar refractivity (Wildman–Crippen MR) is 95.8 cm³/mol. The van der Waals surface area contributed by atoms with E-state index in [-0.39, 0.29) is 42.0 Å². The van der Waals surface area contributed by atoms with Gasteiger partial charge in [0.15, 0.2) is 0 Å². The largest absolute Gasteiger partial charge is 0.326 e. The second-order valence-corrected chi connectivity index (χ2v) is 8.05. The monoisotopic (exact) mass is 342 g/mol. The highest BCUT2D eigenvalue weighted by atomic mass is 16.2. The minimum atomic E-state index is -0.516. The molecule has 1 aromatic carbocycles. The summed E-state index contributed by atoms with van der Waals surface area (Å²) >= 11 is 0. The Balaban J connectivity index is 1.68. The number of imide groups is 1. The van der Waals surface area contributed by atoms with E-state index < -0.39 is 5.41 Å². The third-order valence-corrected chi connectivity index (χ3v) is 6.49. The summed E-state index contributed by atoms with van der Waals surface area (Å²) in [6.45, 7) is 8.07. The number of fused-ring (bicyclic) bond motifs is 2. The fourth-order valence-electron chi connectivity index (χ4n) is 4.25. The number of carbonyl (C=O) groups excluding carboxylic acids is 3. The Hall–Kier alpha value is -2.17. The summed E-state index contributed by atoms with van der Waals surface area (Å²) in [7, 11) is 0. The van der Waals surface area contributed by atoms with Gasteiger partial charge in [-0.3, -0.25) is 19.3 Å². The molecule has 1 saturated carbocycles. The van der Waals surface area contributed by atoms with E-state index in [0.717, 1.165) is 24.1 Å². The molecule has 1 heterocycles. The van der Waals surface area contributed by atoms with Crippen molar-refractivity contribution < 1.29 is 14.4 Å². The summed E-state index contributed by atoms with van der Waals surface area (Å²) in [5, 5.41) is 2.86. The van der Waals surface area contributed by atoms with Gasteiger partial charge in [-0.1, -0.05) is 39.0 Å². The van der Waals surface area contributed by atoms with Crippen LogP contribution in [-0.4, -0.2) is 29.2 Å². The minimum absolute atomic E-state index is 0.117. The molecular weight excluding hydrogens is 316 g/mol. The summed E-state index contributed by atoms with van der Waals surface area (Å²) in [5.41, 5.74) is 0.907. The highest BCUT2D eigenvalue weighted by Gasteiger charge is 2.64. The van der Waals surface area contributed by atoms with E-state index in [1.165, 1.54) is 4.90 Å². The van der Waals surface area contributed by atoms with Gasteiger partial charge >= 0.3 is 0 Å². The molecule has 0 aromatic heterocycles. The number of rotatable bonds is 4. The molecule has 1 aliphatic carbocycles. The molecule has 2 atom stereocenters. The number of anilines is 1. The highest BCUT2D eigenvalue weighted by Crippen LogP contribution is 2.59. The molecule has 3 amide bonds. The van der Waals surface area contributed by atoms with Gasteiger partial charge in [-0.25, -0.2) is 0 Å². The number of benzene rings is 1. The van der Waals surface area contributed by atoms with Crippen LogP contribution >= 0.6 is 0 Å². The van der Waals surface area contributed by atoms with Gasteiger partial charge in [-0.15, -0.1) is 0 Å². The van der Waals surface area contributed by atoms with Crippen LogP contribution in [0, 0.1) is 23.7 Å². The topological polar surface area (TPSA) is 66.5 Å². The molecule has 5 nitrogen and oxygen atoms in total. The number of hydrogen-bond acceptors (Lipinski definition) is 3. The highest BCUT2D eigenvalue weighted by molar-refractivity contribution is 6.04. The number of hydrogen-bond donors (Lipinski definition) is 1. The molecule has 25 heavy (non-hydrogen) atoms. The molecule has 2 aliphatic rings. The second-order valence-electron chi connectivity index (χ2n) is 8.05. The fourth-order valence-corrected chi connectivity index (χ4v) is 4.25. The van der Waals surface area contributed by atoms with Crippen LogP contribution in [0.15, 0.2) is 24.3 Å². The molecule has 134 valence electrons. The molecule has 5 heteroatoms. The third kappa shape index (κ3) is 2.66. The summed E-state index contributed by atoms with van der Waals surface area (Å²) in [5.74, 6) is -0.555. The number of amides is 3. The number of piperidine rings is 1. The van der Waals surface area contributed by atoms with Crippen LogP contribution in [0.3, 0.4) is 0 Å². The number of para-hydroxylation sites is 1. The molecule has 2 fully saturated rings. The van der Waals surface area contributed by atoms with Gasteiger partial charge in [-0.05, 0) is 36.8 Å². The lowest BCUT2D eigenvalue weighted by Gasteiger charge is -2.47. The quantitative estimate of drug-likeness (QED) is 0.855. The fraction of sp³-hybridized carbons (Fsp3) is 0.550. The zero-order valence-corrected chi connectivity index (χ0v) is 15.4. The SMILES string of the molecule is Cc1ccccc1NC(=O)CCN1C(=O)C2CCC(C)(C1=O)C2(C)C. The van der Waals surface area contributed by atoms with Gasteiger partial charge < -0.3 is 5.32 Å². The molecule has 1 N–H and O–H groups in total. The summed E-state index contributed by atoms with van der Waals surface area (Å²) < 4.78 is 0. The molecular formula is C20H26N2O3.